The monoisotopic (exact) mass is 293 g/mol. The van der Waals surface area contributed by atoms with Crippen LogP contribution in [0.4, 0.5) is 0 Å². The molecule has 1 saturated heterocycles. The van der Waals surface area contributed by atoms with Crippen molar-refractivity contribution in [3.8, 4) is 0 Å². The van der Waals surface area contributed by atoms with E-state index in [1.54, 1.807) is 0 Å². The number of nitrogens with zero attached hydrogens (tertiary/aromatic N) is 4. The van der Waals surface area contributed by atoms with E-state index in [0.29, 0.717) is 11.7 Å². The molecule has 6 heteroatoms. The second kappa shape index (κ2) is 8.00. The predicted octanol–water partition coefficient (Wildman–Crippen LogP) is 2.01. The maximum atomic E-state index is 5.11. The molecular weight excluding hydrogens is 266 g/mol. The van der Waals surface area contributed by atoms with Gasteiger partial charge in [-0.05, 0) is 39.0 Å². The third kappa shape index (κ3) is 5.02. The van der Waals surface area contributed by atoms with E-state index in [9.17, 15) is 0 Å². The van der Waals surface area contributed by atoms with Crippen LogP contribution in [0.5, 0.6) is 0 Å². The summed E-state index contributed by atoms with van der Waals surface area (Å²) in [6, 6.07) is 0. The zero-order valence-electron chi connectivity index (χ0n) is 13.4. The van der Waals surface area contributed by atoms with E-state index in [4.69, 9.17) is 9.52 Å². The van der Waals surface area contributed by atoms with E-state index < -0.39 is 0 Å². The Hall–Kier alpha value is -1.59. The van der Waals surface area contributed by atoms with Crippen LogP contribution >= 0.6 is 0 Å². The van der Waals surface area contributed by atoms with Crippen LogP contribution in [-0.4, -0.2) is 47.2 Å². The summed E-state index contributed by atoms with van der Waals surface area (Å²) in [5, 5.41) is 7.19. The van der Waals surface area contributed by atoms with Gasteiger partial charge >= 0.3 is 0 Å². The fraction of sp³-hybridized carbons (Fsp3) is 0.800. The minimum atomic E-state index is 0.698. The molecular formula is C15H27N5O. The van der Waals surface area contributed by atoms with Crippen molar-refractivity contribution < 1.29 is 4.52 Å². The third-order valence-electron chi connectivity index (χ3n) is 3.80. The van der Waals surface area contributed by atoms with E-state index >= 15 is 0 Å². The predicted molar refractivity (Wildman–Crippen MR) is 83.3 cm³/mol. The SMILES string of the molecule is CCNC(=NCCCc1nc(C)no1)N1CCC(C)CC1. The molecule has 2 rings (SSSR count). The highest BCUT2D eigenvalue weighted by Crippen LogP contribution is 2.15. The number of hydrogen-bond donors (Lipinski definition) is 1. The molecule has 6 nitrogen and oxygen atoms in total. The van der Waals surface area contributed by atoms with Gasteiger partial charge in [-0.1, -0.05) is 12.1 Å². The Balaban J connectivity index is 1.80. The standard InChI is InChI=1S/C15H27N5O/c1-4-16-15(20-10-7-12(2)8-11-20)17-9-5-6-14-18-13(3)19-21-14/h12H,4-11H2,1-3H3,(H,16,17). The van der Waals surface area contributed by atoms with Crippen LogP contribution < -0.4 is 5.32 Å². The number of rotatable bonds is 5. The van der Waals surface area contributed by atoms with Gasteiger partial charge in [-0.2, -0.15) is 4.98 Å². The van der Waals surface area contributed by atoms with Crippen molar-refractivity contribution in [3.63, 3.8) is 0 Å². The van der Waals surface area contributed by atoms with Crippen molar-refractivity contribution in [2.45, 2.75) is 46.5 Å². The van der Waals surface area contributed by atoms with Crippen LogP contribution in [0.15, 0.2) is 9.52 Å². The smallest absolute Gasteiger partial charge is 0.226 e. The molecule has 0 aromatic carbocycles. The topological polar surface area (TPSA) is 66.5 Å². The second-order valence-electron chi connectivity index (χ2n) is 5.74. The third-order valence-corrected chi connectivity index (χ3v) is 3.80. The Labute approximate surface area is 127 Å². The lowest BCUT2D eigenvalue weighted by atomic mass is 10.00. The van der Waals surface area contributed by atoms with E-state index in [2.05, 4.69) is 34.2 Å². The van der Waals surface area contributed by atoms with Crippen molar-refractivity contribution in [3.05, 3.63) is 11.7 Å². The Bertz CT molecular complexity index is 449. The van der Waals surface area contributed by atoms with Gasteiger partial charge in [0, 0.05) is 32.6 Å². The summed E-state index contributed by atoms with van der Waals surface area (Å²) in [7, 11) is 0. The molecule has 1 aromatic heterocycles. The Kier molecular flexibility index (Phi) is 6.02. The van der Waals surface area contributed by atoms with Gasteiger partial charge in [0.2, 0.25) is 5.89 Å². The van der Waals surface area contributed by atoms with E-state index in [0.717, 1.165) is 50.9 Å². The highest BCUT2D eigenvalue weighted by Gasteiger charge is 2.18. The maximum Gasteiger partial charge on any atom is 0.226 e. The van der Waals surface area contributed by atoms with Crippen LogP contribution in [-0.2, 0) is 6.42 Å². The highest BCUT2D eigenvalue weighted by atomic mass is 16.5. The van der Waals surface area contributed by atoms with Gasteiger partial charge in [-0.3, -0.25) is 4.99 Å². The maximum absolute atomic E-state index is 5.11. The first kappa shape index (κ1) is 15.8. The Morgan fingerprint density at radius 1 is 1.43 bits per heavy atom. The molecule has 1 fully saturated rings. The first-order valence-corrected chi connectivity index (χ1v) is 8.01. The van der Waals surface area contributed by atoms with Crippen LogP contribution in [0.2, 0.25) is 0 Å². The van der Waals surface area contributed by atoms with Crippen molar-refractivity contribution in [2.24, 2.45) is 10.9 Å². The number of hydrogen-bond acceptors (Lipinski definition) is 4. The number of likely N-dealkylation sites (tertiary alicyclic amines) is 1. The average molecular weight is 293 g/mol. The second-order valence-corrected chi connectivity index (χ2v) is 5.74. The molecule has 0 saturated carbocycles. The van der Waals surface area contributed by atoms with Crippen LogP contribution in [0.3, 0.4) is 0 Å². The van der Waals surface area contributed by atoms with Gasteiger partial charge in [0.05, 0.1) is 0 Å². The normalized spacial score (nSPS) is 17.3. The average Bonchev–Trinajstić information content (AvgIpc) is 2.89. The fourth-order valence-corrected chi connectivity index (χ4v) is 2.50. The lowest BCUT2D eigenvalue weighted by Gasteiger charge is -2.33. The molecule has 1 N–H and O–H groups in total. The van der Waals surface area contributed by atoms with Crippen LogP contribution in [0.25, 0.3) is 0 Å². The van der Waals surface area contributed by atoms with Crippen molar-refractivity contribution in [1.82, 2.24) is 20.4 Å². The molecule has 1 aliphatic rings. The lowest BCUT2D eigenvalue weighted by molar-refractivity contribution is 0.273. The van der Waals surface area contributed by atoms with E-state index in [1.165, 1.54) is 12.8 Å². The molecule has 0 atom stereocenters. The first-order valence-electron chi connectivity index (χ1n) is 8.01. The molecule has 0 unspecified atom stereocenters. The minimum absolute atomic E-state index is 0.698. The van der Waals surface area contributed by atoms with E-state index in [-0.39, 0.29) is 0 Å². The number of aliphatic imine (C=N–C) groups is 1. The first-order chi connectivity index (χ1) is 10.2. The molecule has 1 aliphatic heterocycles. The molecule has 21 heavy (non-hydrogen) atoms. The van der Waals surface area contributed by atoms with Crippen molar-refractivity contribution in [2.75, 3.05) is 26.2 Å². The molecule has 0 spiro atoms. The van der Waals surface area contributed by atoms with E-state index in [1.807, 2.05) is 6.92 Å². The lowest BCUT2D eigenvalue weighted by Crippen LogP contribution is -2.45. The molecule has 0 bridgehead atoms. The minimum Gasteiger partial charge on any atom is -0.357 e. The summed E-state index contributed by atoms with van der Waals surface area (Å²) >= 11 is 0. The summed E-state index contributed by atoms with van der Waals surface area (Å²) in [4.78, 5) is 11.3. The van der Waals surface area contributed by atoms with Crippen molar-refractivity contribution in [1.29, 1.82) is 0 Å². The van der Waals surface area contributed by atoms with Crippen molar-refractivity contribution >= 4 is 5.96 Å². The van der Waals surface area contributed by atoms with Gasteiger partial charge in [0.1, 0.15) is 0 Å². The Morgan fingerprint density at radius 3 is 2.81 bits per heavy atom. The quantitative estimate of drug-likeness (QED) is 0.511. The van der Waals surface area contributed by atoms with Gasteiger partial charge in [0.25, 0.3) is 0 Å². The molecule has 118 valence electrons. The summed E-state index contributed by atoms with van der Waals surface area (Å²) < 4.78 is 5.11. The summed E-state index contributed by atoms with van der Waals surface area (Å²) in [5.41, 5.74) is 0. The van der Waals surface area contributed by atoms with Crippen LogP contribution in [0.1, 0.15) is 44.8 Å². The zero-order valence-corrected chi connectivity index (χ0v) is 13.4. The van der Waals surface area contributed by atoms with Crippen LogP contribution in [0, 0.1) is 12.8 Å². The van der Waals surface area contributed by atoms with Gasteiger partial charge in [-0.25, -0.2) is 0 Å². The number of aromatic nitrogens is 2. The largest absolute Gasteiger partial charge is 0.357 e. The fourth-order valence-electron chi connectivity index (χ4n) is 2.50. The highest BCUT2D eigenvalue weighted by molar-refractivity contribution is 5.80. The molecule has 1 aromatic rings. The van der Waals surface area contributed by atoms with Gasteiger partial charge in [-0.15, -0.1) is 0 Å². The molecule has 2 heterocycles. The molecule has 0 amide bonds. The Morgan fingerprint density at radius 2 is 2.19 bits per heavy atom. The summed E-state index contributed by atoms with van der Waals surface area (Å²) in [6.07, 6.45) is 4.24. The molecule has 0 aliphatic carbocycles. The van der Waals surface area contributed by atoms with Gasteiger partial charge in [0.15, 0.2) is 11.8 Å². The van der Waals surface area contributed by atoms with Gasteiger partial charge < -0.3 is 14.7 Å². The number of piperidine rings is 1. The number of aryl methyl sites for hydroxylation is 2. The number of nitrogens with one attached hydrogen (secondary N) is 1. The zero-order chi connectivity index (χ0) is 15.1. The number of guanidine groups is 1. The summed E-state index contributed by atoms with van der Waals surface area (Å²) in [5.74, 6) is 3.29. The summed E-state index contributed by atoms with van der Waals surface area (Å²) in [6.45, 7) is 10.2. The molecule has 0 radical (unpaired) electrons.